The van der Waals surface area contributed by atoms with E-state index in [0.29, 0.717) is 18.7 Å². The quantitative estimate of drug-likeness (QED) is 0.898. The van der Waals surface area contributed by atoms with E-state index < -0.39 is 0 Å². The molecule has 0 aliphatic carbocycles. The van der Waals surface area contributed by atoms with E-state index in [-0.39, 0.29) is 11.6 Å². The van der Waals surface area contributed by atoms with Crippen LogP contribution in [-0.2, 0) is 19.4 Å². The summed E-state index contributed by atoms with van der Waals surface area (Å²) in [6, 6.07) is 3.93. The smallest absolute Gasteiger partial charge is 0.186 e. The van der Waals surface area contributed by atoms with Crippen LogP contribution in [0.15, 0.2) is 24.7 Å². The molecule has 0 amide bonds. The van der Waals surface area contributed by atoms with Crippen LogP contribution in [0.1, 0.15) is 30.8 Å². The lowest BCUT2D eigenvalue weighted by atomic mass is 10.1. The van der Waals surface area contributed by atoms with Gasteiger partial charge in [-0.15, -0.1) is 0 Å². The Morgan fingerprint density at radius 3 is 2.68 bits per heavy atom. The number of pyridine rings is 1. The predicted octanol–water partition coefficient (Wildman–Crippen LogP) is 2.75. The lowest BCUT2D eigenvalue weighted by Crippen LogP contribution is -2.09. The van der Waals surface area contributed by atoms with E-state index in [1.54, 1.807) is 6.20 Å². The number of nitrogens with zero attached hydrogens (tertiary/aromatic N) is 3. The van der Waals surface area contributed by atoms with Gasteiger partial charge in [-0.2, -0.15) is 0 Å². The highest BCUT2D eigenvalue weighted by Crippen LogP contribution is 2.15. The molecule has 0 saturated heterocycles. The zero-order valence-corrected chi connectivity index (χ0v) is 11.2. The van der Waals surface area contributed by atoms with Crippen molar-refractivity contribution < 1.29 is 4.39 Å². The Kier molecular flexibility index (Phi) is 4.39. The highest BCUT2D eigenvalue weighted by atomic mass is 19.1. The van der Waals surface area contributed by atoms with E-state index in [2.05, 4.69) is 27.2 Å². The summed E-state index contributed by atoms with van der Waals surface area (Å²) in [6.07, 6.45) is 4.57. The Hall–Kier alpha value is -2.04. The van der Waals surface area contributed by atoms with E-state index in [0.717, 1.165) is 17.7 Å². The van der Waals surface area contributed by atoms with Crippen molar-refractivity contribution in [1.29, 1.82) is 0 Å². The van der Waals surface area contributed by atoms with Crippen LogP contribution in [0, 0.1) is 5.82 Å². The maximum atomic E-state index is 14.0. The van der Waals surface area contributed by atoms with E-state index in [1.165, 1.54) is 6.33 Å². The summed E-state index contributed by atoms with van der Waals surface area (Å²) in [5.41, 5.74) is 2.50. The molecule has 0 unspecified atom stereocenters. The summed E-state index contributed by atoms with van der Waals surface area (Å²) in [7, 11) is 0. The van der Waals surface area contributed by atoms with Crippen LogP contribution in [0.25, 0.3) is 0 Å². The zero-order valence-electron chi connectivity index (χ0n) is 11.2. The summed E-state index contributed by atoms with van der Waals surface area (Å²) in [5, 5.41) is 2.99. The van der Waals surface area contributed by atoms with Gasteiger partial charge in [-0.3, -0.25) is 4.98 Å². The van der Waals surface area contributed by atoms with E-state index >= 15 is 0 Å². The fraction of sp³-hybridized carbons (Fsp3) is 0.357. The van der Waals surface area contributed by atoms with E-state index in [4.69, 9.17) is 0 Å². The largest absolute Gasteiger partial charge is 0.362 e. The highest BCUT2D eigenvalue weighted by molar-refractivity contribution is 5.38. The molecule has 2 heterocycles. The number of aromatic nitrogens is 3. The average Bonchev–Trinajstić information content (AvgIpc) is 2.46. The molecule has 2 aromatic heterocycles. The molecular formula is C14H17FN4. The van der Waals surface area contributed by atoms with Crippen molar-refractivity contribution in [2.24, 2.45) is 0 Å². The van der Waals surface area contributed by atoms with E-state index in [9.17, 15) is 4.39 Å². The SMILES string of the molecule is CCc1cccnc1CNc1ncnc(CC)c1F. The molecule has 0 radical (unpaired) electrons. The van der Waals surface area contributed by atoms with Gasteiger partial charge in [0.05, 0.1) is 17.9 Å². The Balaban J connectivity index is 2.15. The third-order valence-corrected chi connectivity index (χ3v) is 2.99. The van der Waals surface area contributed by atoms with Gasteiger partial charge >= 0.3 is 0 Å². The van der Waals surface area contributed by atoms with Crippen molar-refractivity contribution in [3.8, 4) is 0 Å². The molecule has 0 bridgehead atoms. The van der Waals surface area contributed by atoms with Gasteiger partial charge in [0, 0.05) is 6.20 Å². The first-order valence-corrected chi connectivity index (χ1v) is 6.42. The minimum Gasteiger partial charge on any atom is -0.362 e. The molecule has 19 heavy (non-hydrogen) atoms. The second-order valence-corrected chi connectivity index (χ2v) is 4.15. The molecule has 2 rings (SSSR count). The van der Waals surface area contributed by atoms with Crippen LogP contribution in [0.2, 0.25) is 0 Å². The second-order valence-electron chi connectivity index (χ2n) is 4.15. The number of halogens is 1. The van der Waals surface area contributed by atoms with E-state index in [1.807, 2.05) is 19.1 Å². The Bertz CT molecular complexity index is 557. The number of nitrogens with one attached hydrogen (secondary N) is 1. The van der Waals surface area contributed by atoms with Gasteiger partial charge in [0.15, 0.2) is 11.6 Å². The number of hydrogen-bond donors (Lipinski definition) is 1. The molecule has 4 nitrogen and oxygen atoms in total. The summed E-state index contributed by atoms with van der Waals surface area (Å²) in [6.45, 7) is 4.39. The van der Waals surface area contributed by atoms with Gasteiger partial charge in [-0.05, 0) is 24.5 Å². The lowest BCUT2D eigenvalue weighted by Gasteiger charge is -2.10. The fourth-order valence-corrected chi connectivity index (χ4v) is 1.90. The molecule has 0 spiro atoms. The van der Waals surface area contributed by atoms with Crippen LogP contribution in [-0.4, -0.2) is 15.0 Å². The molecule has 5 heteroatoms. The van der Waals surface area contributed by atoms with Crippen molar-refractivity contribution in [3.63, 3.8) is 0 Å². The number of aryl methyl sites for hydroxylation is 2. The first kappa shape index (κ1) is 13.4. The molecule has 0 aliphatic rings. The molecule has 0 atom stereocenters. The molecule has 0 aromatic carbocycles. The van der Waals surface area contributed by atoms with Crippen molar-refractivity contribution >= 4 is 5.82 Å². The van der Waals surface area contributed by atoms with Gasteiger partial charge in [0.1, 0.15) is 6.33 Å². The third kappa shape index (κ3) is 3.05. The summed E-state index contributed by atoms with van der Waals surface area (Å²) in [4.78, 5) is 12.1. The Labute approximate surface area is 112 Å². The minimum absolute atomic E-state index is 0.236. The summed E-state index contributed by atoms with van der Waals surface area (Å²) >= 11 is 0. The molecule has 100 valence electrons. The fourth-order valence-electron chi connectivity index (χ4n) is 1.90. The van der Waals surface area contributed by atoms with Crippen LogP contribution < -0.4 is 5.32 Å². The zero-order chi connectivity index (χ0) is 13.7. The Morgan fingerprint density at radius 1 is 1.11 bits per heavy atom. The van der Waals surface area contributed by atoms with Gasteiger partial charge in [-0.1, -0.05) is 19.9 Å². The highest BCUT2D eigenvalue weighted by Gasteiger charge is 2.10. The topological polar surface area (TPSA) is 50.7 Å². The average molecular weight is 260 g/mol. The van der Waals surface area contributed by atoms with Crippen molar-refractivity contribution in [2.45, 2.75) is 33.2 Å². The number of anilines is 1. The first-order valence-electron chi connectivity index (χ1n) is 6.42. The monoisotopic (exact) mass is 260 g/mol. The summed E-state index contributed by atoms with van der Waals surface area (Å²) < 4.78 is 14.0. The predicted molar refractivity (Wildman–Crippen MR) is 72.3 cm³/mol. The number of rotatable bonds is 5. The first-order chi connectivity index (χ1) is 9.26. The van der Waals surface area contributed by atoms with Crippen molar-refractivity contribution in [2.75, 3.05) is 5.32 Å². The number of hydrogen-bond acceptors (Lipinski definition) is 4. The molecule has 0 aliphatic heterocycles. The lowest BCUT2D eigenvalue weighted by molar-refractivity contribution is 0.596. The maximum absolute atomic E-state index is 14.0. The van der Waals surface area contributed by atoms with Crippen LogP contribution in [0.3, 0.4) is 0 Å². The maximum Gasteiger partial charge on any atom is 0.186 e. The third-order valence-electron chi connectivity index (χ3n) is 2.99. The van der Waals surface area contributed by atoms with Crippen LogP contribution >= 0.6 is 0 Å². The molecule has 2 aromatic rings. The van der Waals surface area contributed by atoms with Crippen LogP contribution in [0.4, 0.5) is 10.2 Å². The Morgan fingerprint density at radius 2 is 1.95 bits per heavy atom. The minimum atomic E-state index is -0.376. The second kappa shape index (κ2) is 6.22. The summed E-state index contributed by atoms with van der Waals surface area (Å²) in [5.74, 6) is -0.140. The van der Waals surface area contributed by atoms with Gasteiger partial charge in [0.2, 0.25) is 0 Å². The van der Waals surface area contributed by atoms with Crippen molar-refractivity contribution in [3.05, 3.63) is 47.4 Å². The molecular weight excluding hydrogens is 243 g/mol. The van der Waals surface area contributed by atoms with Gasteiger partial charge in [0.25, 0.3) is 0 Å². The van der Waals surface area contributed by atoms with Gasteiger partial charge < -0.3 is 5.32 Å². The van der Waals surface area contributed by atoms with Crippen LogP contribution in [0.5, 0.6) is 0 Å². The van der Waals surface area contributed by atoms with Crippen molar-refractivity contribution in [1.82, 2.24) is 15.0 Å². The standard InChI is InChI=1S/C14H17FN4/c1-3-10-6-5-7-16-12(10)8-17-14-13(15)11(4-2)18-9-19-14/h5-7,9H,3-4,8H2,1-2H3,(H,17,18,19). The normalized spacial score (nSPS) is 10.5. The molecule has 1 N–H and O–H groups in total. The molecule has 0 saturated carbocycles. The van der Waals surface area contributed by atoms with Gasteiger partial charge in [-0.25, -0.2) is 14.4 Å². The molecule has 0 fully saturated rings.